The number of carbonyl (C=O) groups excluding carboxylic acids is 1. The number of aryl methyl sites for hydroxylation is 2. The van der Waals surface area contributed by atoms with E-state index in [0.717, 1.165) is 16.7 Å². The van der Waals surface area contributed by atoms with Gasteiger partial charge in [0.1, 0.15) is 22.9 Å². The molecule has 1 amide bonds. The maximum atomic E-state index is 12.9. The SMILES string of the molecule is C=CS(=O)(=O)Nc1c(OC)cccc1C(=O)Nc1cc(CCc2cc(OC)cc(OC)c2)[nH]n1. The number of aromatic amines is 1. The second-order valence-electron chi connectivity index (χ2n) is 7.15. The molecule has 11 heteroatoms. The van der Waals surface area contributed by atoms with E-state index in [2.05, 4.69) is 26.8 Å². The Morgan fingerprint density at radius 3 is 2.38 bits per heavy atom. The van der Waals surface area contributed by atoms with Crippen LogP contribution in [0.4, 0.5) is 11.5 Å². The fourth-order valence-electron chi connectivity index (χ4n) is 3.21. The van der Waals surface area contributed by atoms with Crippen LogP contribution in [-0.2, 0) is 22.9 Å². The van der Waals surface area contributed by atoms with Crippen LogP contribution in [0.1, 0.15) is 21.6 Å². The van der Waals surface area contributed by atoms with Gasteiger partial charge in [0.2, 0.25) is 0 Å². The molecule has 2 aromatic carbocycles. The summed E-state index contributed by atoms with van der Waals surface area (Å²) in [7, 11) is 0.707. The van der Waals surface area contributed by atoms with Gasteiger partial charge in [-0.2, -0.15) is 5.10 Å². The second-order valence-corrected chi connectivity index (χ2v) is 8.78. The Labute approximate surface area is 198 Å². The summed E-state index contributed by atoms with van der Waals surface area (Å²) in [4.78, 5) is 12.9. The van der Waals surface area contributed by atoms with Crippen molar-refractivity contribution >= 4 is 27.4 Å². The number of ether oxygens (including phenoxy) is 3. The third kappa shape index (κ3) is 6.07. The van der Waals surface area contributed by atoms with Gasteiger partial charge in [-0.05, 0) is 42.7 Å². The zero-order valence-corrected chi connectivity index (χ0v) is 19.9. The molecule has 0 fully saturated rings. The average molecular weight is 487 g/mol. The zero-order chi connectivity index (χ0) is 24.7. The Bertz CT molecular complexity index is 1260. The predicted molar refractivity (Wildman–Crippen MR) is 129 cm³/mol. The molecule has 3 N–H and O–H groups in total. The summed E-state index contributed by atoms with van der Waals surface area (Å²) in [6, 6.07) is 12.0. The van der Waals surface area contributed by atoms with E-state index in [1.165, 1.54) is 19.2 Å². The van der Waals surface area contributed by atoms with E-state index >= 15 is 0 Å². The van der Waals surface area contributed by atoms with Crippen LogP contribution in [0.2, 0.25) is 0 Å². The Morgan fingerprint density at radius 1 is 1.06 bits per heavy atom. The van der Waals surface area contributed by atoms with E-state index in [-0.39, 0.29) is 17.0 Å². The van der Waals surface area contributed by atoms with Crippen molar-refractivity contribution in [2.45, 2.75) is 12.8 Å². The third-order valence-corrected chi connectivity index (χ3v) is 5.85. The van der Waals surface area contributed by atoms with E-state index in [1.807, 2.05) is 12.1 Å². The Kier molecular flexibility index (Phi) is 7.79. The van der Waals surface area contributed by atoms with Crippen LogP contribution in [-0.4, -0.2) is 45.9 Å². The lowest BCUT2D eigenvalue weighted by Gasteiger charge is -2.14. The number of anilines is 2. The van der Waals surface area contributed by atoms with Crippen molar-refractivity contribution in [2.24, 2.45) is 0 Å². The van der Waals surface area contributed by atoms with Crippen molar-refractivity contribution in [3.8, 4) is 17.2 Å². The minimum atomic E-state index is -3.86. The maximum Gasteiger partial charge on any atom is 0.259 e. The molecule has 0 saturated carbocycles. The predicted octanol–water partition coefficient (Wildman–Crippen LogP) is 3.36. The number of sulfonamides is 1. The largest absolute Gasteiger partial charge is 0.497 e. The first kappa shape index (κ1) is 24.6. The van der Waals surface area contributed by atoms with E-state index in [1.54, 1.807) is 32.4 Å². The number of hydrogen-bond donors (Lipinski definition) is 3. The quantitative estimate of drug-likeness (QED) is 0.379. The van der Waals surface area contributed by atoms with Crippen molar-refractivity contribution in [2.75, 3.05) is 31.4 Å². The van der Waals surface area contributed by atoms with Crippen LogP contribution in [0.15, 0.2) is 54.5 Å². The van der Waals surface area contributed by atoms with Gasteiger partial charge in [0.05, 0.1) is 26.9 Å². The number of rotatable bonds is 11. The highest BCUT2D eigenvalue weighted by atomic mass is 32.2. The normalized spacial score (nSPS) is 10.9. The molecule has 1 aromatic heterocycles. The topological polar surface area (TPSA) is 132 Å². The maximum absolute atomic E-state index is 12.9. The standard InChI is InChI=1S/C23H26N4O6S/c1-5-34(29,30)27-22-19(7-6-8-20(22)33-4)23(28)24-21-13-16(25-26-21)10-9-15-11-17(31-2)14-18(12-15)32-3/h5-8,11-14,27H,1,9-10H2,2-4H3,(H2,24,25,26,28). The number of methoxy groups -OCH3 is 3. The monoisotopic (exact) mass is 486 g/mol. The number of benzene rings is 2. The van der Waals surface area contributed by atoms with E-state index in [9.17, 15) is 13.2 Å². The molecule has 0 saturated heterocycles. The van der Waals surface area contributed by atoms with Gasteiger partial charge in [0.15, 0.2) is 5.82 Å². The fourth-order valence-corrected chi connectivity index (χ4v) is 3.79. The molecular weight excluding hydrogens is 460 g/mol. The summed E-state index contributed by atoms with van der Waals surface area (Å²) < 4.78 is 42.1. The number of amides is 1. The molecule has 3 rings (SSSR count). The number of aromatic nitrogens is 2. The smallest absolute Gasteiger partial charge is 0.259 e. The van der Waals surface area contributed by atoms with Crippen LogP contribution in [0, 0.1) is 0 Å². The van der Waals surface area contributed by atoms with Crippen LogP contribution in [0.3, 0.4) is 0 Å². The number of para-hydroxylation sites is 1. The van der Waals surface area contributed by atoms with E-state index in [4.69, 9.17) is 14.2 Å². The van der Waals surface area contributed by atoms with Crippen LogP contribution in [0.5, 0.6) is 17.2 Å². The van der Waals surface area contributed by atoms with Crippen molar-refractivity contribution in [1.82, 2.24) is 10.2 Å². The minimum absolute atomic E-state index is 0.00475. The molecule has 0 bridgehead atoms. The Morgan fingerprint density at radius 2 is 1.76 bits per heavy atom. The first-order chi connectivity index (χ1) is 16.3. The molecule has 1 heterocycles. The van der Waals surface area contributed by atoms with Gasteiger partial charge in [-0.1, -0.05) is 12.6 Å². The Hall–Kier alpha value is -3.99. The van der Waals surface area contributed by atoms with Gasteiger partial charge >= 0.3 is 0 Å². The van der Waals surface area contributed by atoms with Gasteiger partial charge in [0, 0.05) is 23.2 Å². The average Bonchev–Trinajstić information content (AvgIpc) is 3.29. The minimum Gasteiger partial charge on any atom is -0.497 e. The number of nitrogens with zero attached hydrogens (tertiary/aromatic N) is 1. The zero-order valence-electron chi connectivity index (χ0n) is 19.0. The molecule has 0 spiro atoms. The van der Waals surface area contributed by atoms with Gasteiger partial charge in [0.25, 0.3) is 15.9 Å². The lowest BCUT2D eigenvalue weighted by Crippen LogP contribution is -2.18. The van der Waals surface area contributed by atoms with Crippen molar-refractivity contribution in [3.05, 3.63) is 71.3 Å². The van der Waals surface area contributed by atoms with Crippen LogP contribution >= 0.6 is 0 Å². The summed E-state index contributed by atoms with van der Waals surface area (Å²) in [6.07, 6.45) is 1.31. The summed E-state index contributed by atoms with van der Waals surface area (Å²) in [6.45, 7) is 3.27. The van der Waals surface area contributed by atoms with Gasteiger partial charge in [-0.15, -0.1) is 0 Å². The number of nitrogens with one attached hydrogen (secondary N) is 3. The molecule has 3 aromatic rings. The molecular formula is C23H26N4O6S. The summed E-state index contributed by atoms with van der Waals surface area (Å²) in [5.74, 6) is 1.33. The third-order valence-electron chi connectivity index (χ3n) is 4.92. The van der Waals surface area contributed by atoms with Gasteiger partial charge in [-0.25, -0.2) is 8.42 Å². The summed E-state index contributed by atoms with van der Waals surface area (Å²) in [5, 5.41) is 10.5. The molecule has 10 nitrogen and oxygen atoms in total. The molecule has 0 unspecified atom stereocenters. The van der Waals surface area contributed by atoms with Crippen LogP contribution in [0.25, 0.3) is 0 Å². The van der Waals surface area contributed by atoms with Crippen molar-refractivity contribution in [1.29, 1.82) is 0 Å². The first-order valence-electron chi connectivity index (χ1n) is 10.2. The van der Waals surface area contributed by atoms with Crippen molar-refractivity contribution in [3.63, 3.8) is 0 Å². The van der Waals surface area contributed by atoms with Crippen LogP contribution < -0.4 is 24.2 Å². The Balaban J connectivity index is 1.73. The van der Waals surface area contributed by atoms with Crippen molar-refractivity contribution < 1.29 is 27.4 Å². The van der Waals surface area contributed by atoms with E-state index in [0.29, 0.717) is 30.2 Å². The number of hydrogen-bond acceptors (Lipinski definition) is 7. The molecule has 0 radical (unpaired) electrons. The molecule has 0 aliphatic rings. The molecule has 0 aliphatic heterocycles. The van der Waals surface area contributed by atoms with E-state index < -0.39 is 15.9 Å². The number of H-pyrrole nitrogens is 1. The summed E-state index contributed by atoms with van der Waals surface area (Å²) in [5.41, 5.74) is 1.89. The number of carbonyl (C=O) groups is 1. The highest BCUT2D eigenvalue weighted by Crippen LogP contribution is 2.30. The highest BCUT2D eigenvalue weighted by Gasteiger charge is 2.20. The molecule has 34 heavy (non-hydrogen) atoms. The molecule has 0 atom stereocenters. The molecule has 180 valence electrons. The summed E-state index contributed by atoms with van der Waals surface area (Å²) >= 11 is 0. The van der Waals surface area contributed by atoms with Gasteiger partial charge < -0.3 is 19.5 Å². The lowest BCUT2D eigenvalue weighted by molar-refractivity contribution is 0.102. The second kappa shape index (κ2) is 10.8. The first-order valence-corrected chi connectivity index (χ1v) is 11.7. The highest BCUT2D eigenvalue weighted by molar-refractivity contribution is 7.95. The fraction of sp³-hybridized carbons (Fsp3) is 0.217. The van der Waals surface area contributed by atoms with Gasteiger partial charge in [-0.3, -0.25) is 14.6 Å². The molecule has 0 aliphatic carbocycles. The lowest BCUT2D eigenvalue weighted by atomic mass is 10.1.